The molecular weight excluding hydrogens is 349 g/mol. The van der Waals surface area contributed by atoms with E-state index in [-0.39, 0.29) is 16.4 Å². The molecule has 2 rings (SSSR count). The number of ether oxygens (including phenoxy) is 1. The van der Waals surface area contributed by atoms with Gasteiger partial charge in [0.1, 0.15) is 11.3 Å². The minimum absolute atomic E-state index is 0.0383. The molecule has 0 saturated heterocycles. The third-order valence-corrected chi connectivity index (χ3v) is 3.50. The zero-order valence-corrected chi connectivity index (χ0v) is 12.9. The number of thiazole rings is 1. The summed E-state index contributed by atoms with van der Waals surface area (Å²) in [6, 6.07) is 2.63. The monoisotopic (exact) mass is 360 g/mol. The molecule has 0 radical (unpaired) electrons. The van der Waals surface area contributed by atoms with Crippen LogP contribution in [0.1, 0.15) is 27.8 Å². The standard InChI is InChI=1S/C13H11F3N4O3S/c1-6(13(14,15)16)23-11-7(3-2-4-18-11)10(22)20-12-19-8(5-24-12)9(17)21/h2-6H,1H3,(H2,17,21)(H,19,20,22). The number of halogens is 3. The summed E-state index contributed by atoms with van der Waals surface area (Å²) in [5.41, 5.74) is 4.80. The van der Waals surface area contributed by atoms with Gasteiger partial charge in [-0.3, -0.25) is 14.9 Å². The number of nitrogens with zero attached hydrogens (tertiary/aromatic N) is 2. The summed E-state index contributed by atoms with van der Waals surface area (Å²) in [5.74, 6) is -2.01. The Morgan fingerprint density at radius 3 is 2.71 bits per heavy atom. The Labute approximate surface area is 137 Å². The highest BCUT2D eigenvalue weighted by Crippen LogP contribution is 2.26. The second kappa shape index (κ2) is 6.83. The number of alkyl halides is 3. The lowest BCUT2D eigenvalue weighted by Crippen LogP contribution is -2.32. The largest absolute Gasteiger partial charge is 0.464 e. The van der Waals surface area contributed by atoms with Crippen molar-refractivity contribution in [2.24, 2.45) is 5.73 Å². The Bertz CT molecular complexity index is 763. The molecular formula is C13H11F3N4O3S. The molecule has 2 heterocycles. The summed E-state index contributed by atoms with van der Waals surface area (Å²) in [5, 5.41) is 3.75. The quantitative estimate of drug-likeness (QED) is 0.850. The predicted octanol–water partition coefficient (Wildman–Crippen LogP) is 2.22. The molecule has 0 aliphatic rings. The number of nitrogens with two attached hydrogens (primary N) is 1. The van der Waals surface area contributed by atoms with E-state index in [1.807, 2.05) is 0 Å². The van der Waals surface area contributed by atoms with Crippen LogP contribution >= 0.6 is 11.3 Å². The highest BCUT2D eigenvalue weighted by molar-refractivity contribution is 7.14. The van der Waals surface area contributed by atoms with Crippen LogP contribution in [0.3, 0.4) is 0 Å². The average Bonchev–Trinajstić information content (AvgIpc) is 2.95. The van der Waals surface area contributed by atoms with Crippen LogP contribution in [-0.4, -0.2) is 34.1 Å². The number of pyridine rings is 1. The van der Waals surface area contributed by atoms with Crippen molar-refractivity contribution in [3.8, 4) is 5.88 Å². The zero-order valence-electron chi connectivity index (χ0n) is 12.1. The highest BCUT2D eigenvalue weighted by atomic mass is 32.1. The van der Waals surface area contributed by atoms with Gasteiger partial charge in [0.25, 0.3) is 11.8 Å². The van der Waals surface area contributed by atoms with Crippen LogP contribution in [0.15, 0.2) is 23.7 Å². The van der Waals surface area contributed by atoms with Crippen molar-refractivity contribution in [2.45, 2.75) is 19.2 Å². The Morgan fingerprint density at radius 2 is 2.12 bits per heavy atom. The Balaban J connectivity index is 2.18. The maximum atomic E-state index is 12.6. The number of hydrogen-bond acceptors (Lipinski definition) is 6. The normalized spacial score (nSPS) is 12.5. The first-order chi connectivity index (χ1) is 11.2. The molecule has 0 bridgehead atoms. The number of hydrogen-bond donors (Lipinski definition) is 2. The topological polar surface area (TPSA) is 107 Å². The Kier molecular flexibility index (Phi) is 5.02. The van der Waals surface area contributed by atoms with Gasteiger partial charge in [0.2, 0.25) is 5.88 Å². The SMILES string of the molecule is CC(Oc1ncccc1C(=O)Nc1nc(C(N)=O)cs1)C(F)(F)F. The molecule has 0 spiro atoms. The zero-order chi connectivity index (χ0) is 17.9. The fraction of sp³-hybridized carbons (Fsp3) is 0.231. The van der Waals surface area contributed by atoms with Crippen molar-refractivity contribution in [1.29, 1.82) is 0 Å². The van der Waals surface area contributed by atoms with Crippen molar-refractivity contribution in [3.63, 3.8) is 0 Å². The smallest absolute Gasteiger partial charge is 0.425 e. The molecule has 11 heteroatoms. The van der Waals surface area contributed by atoms with Crippen molar-refractivity contribution in [3.05, 3.63) is 35.0 Å². The number of nitrogens with one attached hydrogen (secondary N) is 1. The molecule has 2 aromatic rings. The first kappa shape index (κ1) is 17.7. The number of anilines is 1. The third-order valence-electron chi connectivity index (χ3n) is 2.74. The van der Waals surface area contributed by atoms with Crippen LogP contribution in [0.4, 0.5) is 18.3 Å². The molecule has 0 saturated carbocycles. The van der Waals surface area contributed by atoms with Crippen LogP contribution in [-0.2, 0) is 0 Å². The molecule has 2 aromatic heterocycles. The van der Waals surface area contributed by atoms with E-state index in [9.17, 15) is 22.8 Å². The molecule has 128 valence electrons. The van der Waals surface area contributed by atoms with E-state index in [0.29, 0.717) is 0 Å². The fourth-order valence-corrected chi connectivity index (χ4v) is 2.20. The van der Waals surface area contributed by atoms with Crippen LogP contribution in [0.5, 0.6) is 5.88 Å². The van der Waals surface area contributed by atoms with Crippen LogP contribution < -0.4 is 15.8 Å². The van der Waals surface area contributed by atoms with E-state index in [1.165, 1.54) is 23.7 Å². The highest BCUT2D eigenvalue weighted by Gasteiger charge is 2.39. The summed E-state index contributed by atoms with van der Waals surface area (Å²) in [6.45, 7) is 0.802. The number of rotatable bonds is 5. The van der Waals surface area contributed by atoms with Crippen LogP contribution in [0, 0.1) is 0 Å². The molecule has 0 aliphatic heterocycles. The van der Waals surface area contributed by atoms with Crippen molar-refractivity contribution >= 4 is 28.3 Å². The summed E-state index contributed by atoms with van der Waals surface area (Å²) < 4.78 is 42.5. The number of primary amides is 1. The van der Waals surface area contributed by atoms with Crippen molar-refractivity contribution in [2.75, 3.05) is 5.32 Å². The second-order valence-corrected chi connectivity index (χ2v) is 5.37. The molecule has 3 N–H and O–H groups in total. The molecule has 2 amide bonds. The predicted molar refractivity (Wildman–Crippen MR) is 79.0 cm³/mol. The van der Waals surface area contributed by atoms with E-state index in [4.69, 9.17) is 10.5 Å². The number of carbonyl (C=O) groups excluding carboxylic acids is 2. The lowest BCUT2D eigenvalue weighted by molar-refractivity contribution is -0.190. The Hall–Kier alpha value is -2.69. The van der Waals surface area contributed by atoms with E-state index < -0.39 is 30.0 Å². The van der Waals surface area contributed by atoms with Gasteiger partial charge in [-0.25, -0.2) is 9.97 Å². The second-order valence-electron chi connectivity index (χ2n) is 4.51. The van der Waals surface area contributed by atoms with Gasteiger partial charge in [-0.2, -0.15) is 13.2 Å². The van der Waals surface area contributed by atoms with E-state index in [1.54, 1.807) is 0 Å². The maximum Gasteiger partial charge on any atom is 0.425 e. The van der Waals surface area contributed by atoms with Gasteiger partial charge in [-0.05, 0) is 19.1 Å². The lowest BCUT2D eigenvalue weighted by atomic mass is 10.2. The average molecular weight is 360 g/mol. The van der Waals surface area contributed by atoms with Crippen LogP contribution in [0.2, 0.25) is 0 Å². The summed E-state index contributed by atoms with van der Waals surface area (Å²) in [4.78, 5) is 30.6. The number of carbonyl (C=O) groups is 2. The van der Waals surface area contributed by atoms with E-state index in [2.05, 4.69) is 15.3 Å². The summed E-state index contributed by atoms with van der Waals surface area (Å²) in [7, 11) is 0. The number of amides is 2. The molecule has 1 atom stereocenters. The van der Waals surface area contributed by atoms with Crippen molar-refractivity contribution < 1.29 is 27.5 Å². The molecule has 0 fully saturated rings. The first-order valence-corrected chi connectivity index (χ1v) is 7.31. The molecule has 1 unspecified atom stereocenters. The van der Waals surface area contributed by atoms with E-state index in [0.717, 1.165) is 18.3 Å². The van der Waals surface area contributed by atoms with Gasteiger partial charge in [0, 0.05) is 11.6 Å². The molecule has 0 aromatic carbocycles. The third kappa shape index (κ3) is 4.19. The van der Waals surface area contributed by atoms with Gasteiger partial charge in [-0.1, -0.05) is 0 Å². The van der Waals surface area contributed by atoms with Gasteiger partial charge in [0.05, 0.1) is 0 Å². The number of aromatic nitrogens is 2. The van der Waals surface area contributed by atoms with Gasteiger partial charge >= 0.3 is 6.18 Å². The van der Waals surface area contributed by atoms with Crippen molar-refractivity contribution in [1.82, 2.24) is 9.97 Å². The van der Waals surface area contributed by atoms with Gasteiger partial charge < -0.3 is 10.5 Å². The molecule has 7 nitrogen and oxygen atoms in total. The fourth-order valence-electron chi connectivity index (χ4n) is 1.50. The first-order valence-electron chi connectivity index (χ1n) is 6.43. The van der Waals surface area contributed by atoms with Crippen LogP contribution in [0.25, 0.3) is 0 Å². The lowest BCUT2D eigenvalue weighted by Gasteiger charge is -2.18. The summed E-state index contributed by atoms with van der Waals surface area (Å²) in [6.07, 6.45) is -5.54. The minimum atomic E-state index is -4.60. The minimum Gasteiger partial charge on any atom is -0.464 e. The van der Waals surface area contributed by atoms with E-state index >= 15 is 0 Å². The molecule has 24 heavy (non-hydrogen) atoms. The summed E-state index contributed by atoms with van der Waals surface area (Å²) >= 11 is 0.940. The molecule has 0 aliphatic carbocycles. The maximum absolute atomic E-state index is 12.6. The van der Waals surface area contributed by atoms with Gasteiger partial charge in [-0.15, -0.1) is 11.3 Å². The van der Waals surface area contributed by atoms with Gasteiger partial charge in [0.15, 0.2) is 11.2 Å². The Morgan fingerprint density at radius 1 is 1.42 bits per heavy atom.